The lowest BCUT2D eigenvalue weighted by atomic mass is 9.87. The zero-order valence-corrected chi connectivity index (χ0v) is 16.9. The molecule has 1 N–H and O–H groups in total. The molecule has 2 aromatic carbocycles. The normalized spacial score (nSPS) is 12.6. The van der Waals surface area contributed by atoms with Gasteiger partial charge in [-0.25, -0.2) is 17.9 Å². The summed E-state index contributed by atoms with van der Waals surface area (Å²) in [5, 5.41) is 0. The van der Waals surface area contributed by atoms with Gasteiger partial charge < -0.3 is 0 Å². The van der Waals surface area contributed by atoms with Crippen molar-refractivity contribution in [3.05, 3.63) is 64.6 Å². The molecule has 0 fully saturated rings. The Morgan fingerprint density at radius 3 is 2.15 bits per heavy atom. The summed E-state index contributed by atoms with van der Waals surface area (Å²) in [6.45, 7) is 6.64. The number of hydrogen-bond acceptors (Lipinski definition) is 3. The van der Waals surface area contributed by atoms with E-state index in [-0.39, 0.29) is 29.1 Å². The van der Waals surface area contributed by atoms with Crippen LogP contribution in [-0.2, 0) is 29.0 Å². The van der Waals surface area contributed by atoms with Gasteiger partial charge >= 0.3 is 5.69 Å². The highest BCUT2D eigenvalue weighted by molar-refractivity contribution is 7.89. The van der Waals surface area contributed by atoms with Crippen LogP contribution in [0.2, 0.25) is 0 Å². The molecule has 0 amide bonds. The fourth-order valence-electron chi connectivity index (χ4n) is 3.09. The van der Waals surface area contributed by atoms with Crippen LogP contribution in [0.3, 0.4) is 0 Å². The van der Waals surface area contributed by atoms with Crippen molar-refractivity contribution >= 4 is 21.1 Å². The Balaban J connectivity index is 1.75. The Morgan fingerprint density at radius 2 is 1.56 bits per heavy atom. The number of fused-ring (bicyclic) bond motifs is 1. The number of aryl methyl sites for hydroxylation is 1. The maximum atomic E-state index is 12.5. The van der Waals surface area contributed by atoms with Crippen LogP contribution >= 0.6 is 0 Å². The second-order valence-corrected chi connectivity index (χ2v) is 9.42. The lowest BCUT2D eigenvalue weighted by Crippen LogP contribution is -2.31. The monoisotopic (exact) mass is 387 g/mol. The van der Waals surface area contributed by atoms with E-state index in [0.717, 1.165) is 16.6 Å². The number of nitrogens with one attached hydrogen (secondary N) is 1. The zero-order valence-electron chi connectivity index (χ0n) is 16.1. The van der Waals surface area contributed by atoms with Gasteiger partial charge in [-0.1, -0.05) is 45.0 Å². The van der Waals surface area contributed by atoms with E-state index in [9.17, 15) is 13.2 Å². The smallest absolute Gasteiger partial charge is 0.295 e. The van der Waals surface area contributed by atoms with E-state index in [4.69, 9.17) is 0 Å². The third-order valence-electron chi connectivity index (χ3n) is 4.71. The summed E-state index contributed by atoms with van der Waals surface area (Å²) in [5.74, 6) is 0. The van der Waals surface area contributed by atoms with Crippen LogP contribution in [0.15, 0.2) is 58.2 Å². The lowest BCUT2D eigenvalue weighted by molar-refractivity contribution is 0.569. The van der Waals surface area contributed by atoms with Gasteiger partial charge in [0.2, 0.25) is 10.0 Å². The summed E-state index contributed by atoms with van der Waals surface area (Å²) in [4.78, 5) is 12.6. The van der Waals surface area contributed by atoms with Gasteiger partial charge in [-0.15, -0.1) is 0 Å². The molecule has 7 heteroatoms. The molecule has 0 radical (unpaired) electrons. The number of para-hydroxylation sites is 2. The van der Waals surface area contributed by atoms with Gasteiger partial charge in [0, 0.05) is 20.1 Å². The molecule has 0 bridgehead atoms. The molecule has 6 nitrogen and oxygen atoms in total. The van der Waals surface area contributed by atoms with E-state index in [0.29, 0.717) is 0 Å². The molecule has 1 aromatic heterocycles. The standard InChI is InChI=1S/C20H25N3O3S/c1-20(2,3)15-9-11-16(12-10-15)27(25,26)21-13-14-23-18-8-6-5-7-17(18)22(4)19(23)24/h5-12,21H,13-14H2,1-4H3. The van der Waals surface area contributed by atoms with Crippen LogP contribution in [-0.4, -0.2) is 24.1 Å². The Morgan fingerprint density at radius 1 is 0.963 bits per heavy atom. The fraction of sp³-hybridized carbons (Fsp3) is 0.350. The lowest BCUT2D eigenvalue weighted by Gasteiger charge is -2.19. The van der Waals surface area contributed by atoms with Crippen LogP contribution in [0.25, 0.3) is 11.0 Å². The van der Waals surface area contributed by atoms with E-state index in [2.05, 4.69) is 25.5 Å². The third-order valence-corrected chi connectivity index (χ3v) is 6.19. The maximum absolute atomic E-state index is 12.5. The molecule has 0 saturated heterocycles. The molecule has 0 aliphatic rings. The van der Waals surface area contributed by atoms with Crippen molar-refractivity contribution in [3.63, 3.8) is 0 Å². The first-order valence-electron chi connectivity index (χ1n) is 8.86. The van der Waals surface area contributed by atoms with Crippen LogP contribution in [0, 0.1) is 0 Å². The van der Waals surface area contributed by atoms with E-state index < -0.39 is 10.0 Å². The highest BCUT2D eigenvalue weighted by Crippen LogP contribution is 2.23. The molecule has 144 valence electrons. The van der Waals surface area contributed by atoms with Crippen LogP contribution in [0.5, 0.6) is 0 Å². The average Bonchev–Trinajstić information content (AvgIpc) is 2.86. The Bertz CT molecular complexity index is 1120. The number of hydrogen-bond donors (Lipinski definition) is 1. The summed E-state index contributed by atoms with van der Waals surface area (Å²) >= 11 is 0. The predicted molar refractivity (Wildman–Crippen MR) is 108 cm³/mol. The first-order chi connectivity index (χ1) is 12.6. The molecular weight excluding hydrogens is 362 g/mol. The summed E-state index contributed by atoms with van der Waals surface area (Å²) in [6.07, 6.45) is 0. The molecule has 1 heterocycles. The molecule has 0 unspecified atom stereocenters. The molecule has 0 aliphatic carbocycles. The number of benzene rings is 2. The predicted octanol–water partition coefficient (Wildman–Crippen LogP) is 2.62. The minimum absolute atomic E-state index is 0.0365. The maximum Gasteiger partial charge on any atom is 0.328 e. The number of aromatic nitrogens is 2. The Labute approximate surface area is 159 Å². The summed E-state index contributed by atoms with van der Waals surface area (Å²) < 4.78 is 30.8. The number of rotatable bonds is 5. The molecule has 0 spiro atoms. The first-order valence-corrected chi connectivity index (χ1v) is 10.3. The average molecular weight is 388 g/mol. The Hall–Kier alpha value is -2.38. The molecular formula is C20H25N3O3S. The number of nitrogens with zero attached hydrogens (tertiary/aromatic N) is 2. The van der Waals surface area contributed by atoms with Crippen LogP contribution in [0.4, 0.5) is 0 Å². The number of sulfonamides is 1. The van der Waals surface area contributed by atoms with Crippen molar-refractivity contribution in [3.8, 4) is 0 Å². The van der Waals surface area contributed by atoms with Gasteiger partial charge in [-0.05, 0) is 35.2 Å². The van der Waals surface area contributed by atoms with Gasteiger partial charge in [0.1, 0.15) is 0 Å². The van der Waals surface area contributed by atoms with Gasteiger partial charge in [-0.2, -0.15) is 0 Å². The molecule has 3 rings (SSSR count). The fourth-order valence-corrected chi connectivity index (χ4v) is 4.11. The minimum atomic E-state index is -3.62. The molecule has 27 heavy (non-hydrogen) atoms. The van der Waals surface area contributed by atoms with E-state index in [1.54, 1.807) is 28.3 Å². The molecule has 0 saturated carbocycles. The minimum Gasteiger partial charge on any atom is -0.295 e. The highest BCUT2D eigenvalue weighted by atomic mass is 32.2. The van der Waals surface area contributed by atoms with E-state index in [1.807, 2.05) is 36.4 Å². The molecule has 0 aliphatic heterocycles. The largest absolute Gasteiger partial charge is 0.328 e. The van der Waals surface area contributed by atoms with Crippen molar-refractivity contribution in [1.29, 1.82) is 0 Å². The van der Waals surface area contributed by atoms with Crippen LogP contribution in [0.1, 0.15) is 26.3 Å². The Kier molecular flexibility index (Phi) is 5.01. The molecule has 0 atom stereocenters. The SMILES string of the molecule is Cn1c(=O)n(CCNS(=O)(=O)c2ccc(C(C)(C)C)cc2)c2ccccc21. The van der Waals surface area contributed by atoms with Crippen molar-refractivity contribution in [2.24, 2.45) is 7.05 Å². The summed E-state index contributed by atoms with van der Waals surface area (Å²) in [6, 6.07) is 14.4. The van der Waals surface area contributed by atoms with Gasteiger partial charge in [0.25, 0.3) is 0 Å². The van der Waals surface area contributed by atoms with Crippen molar-refractivity contribution in [2.75, 3.05) is 6.54 Å². The second-order valence-electron chi connectivity index (χ2n) is 7.65. The van der Waals surface area contributed by atoms with E-state index in [1.165, 1.54) is 0 Å². The topological polar surface area (TPSA) is 73.1 Å². The third kappa shape index (κ3) is 3.84. The van der Waals surface area contributed by atoms with Gasteiger partial charge in [0.15, 0.2) is 0 Å². The van der Waals surface area contributed by atoms with Crippen molar-refractivity contribution in [1.82, 2.24) is 13.9 Å². The van der Waals surface area contributed by atoms with Crippen LogP contribution < -0.4 is 10.4 Å². The first kappa shape index (κ1) is 19.4. The van der Waals surface area contributed by atoms with E-state index >= 15 is 0 Å². The summed E-state index contributed by atoms with van der Waals surface area (Å²) in [7, 11) is -1.91. The van der Waals surface area contributed by atoms with Gasteiger partial charge in [-0.3, -0.25) is 9.13 Å². The second kappa shape index (κ2) is 6.98. The quantitative estimate of drug-likeness (QED) is 0.731. The molecule has 3 aromatic rings. The highest BCUT2D eigenvalue weighted by Gasteiger charge is 2.18. The number of imidazole rings is 1. The zero-order chi connectivity index (χ0) is 19.8. The van der Waals surface area contributed by atoms with Crippen molar-refractivity contribution < 1.29 is 8.42 Å². The summed E-state index contributed by atoms with van der Waals surface area (Å²) in [5.41, 5.74) is 2.49. The van der Waals surface area contributed by atoms with Crippen molar-refractivity contribution in [2.45, 2.75) is 37.6 Å². The van der Waals surface area contributed by atoms with Gasteiger partial charge in [0.05, 0.1) is 15.9 Å².